The summed E-state index contributed by atoms with van der Waals surface area (Å²) < 4.78 is 25.7. The predicted octanol–water partition coefficient (Wildman–Crippen LogP) is 0.792. The van der Waals surface area contributed by atoms with Crippen molar-refractivity contribution >= 4 is 15.7 Å². The van der Waals surface area contributed by atoms with Gasteiger partial charge in [-0.05, 0) is 37.6 Å². The van der Waals surface area contributed by atoms with E-state index in [1.165, 1.54) is 11.8 Å². The summed E-state index contributed by atoms with van der Waals surface area (Å²) in [5.74, 6) is 0. The average molecular weight is 310 g/mol. The Bertz CT molecular complexity index is 622. The zero-order chi connectivity index (χ0) is 15.1. The third-order valence-corrected chi connectivity index (χ3v) is 5.95. The second-order valence-corrected chi connectivity index (χ2v) is 8.04. The maximum Gasteiger partial charge on any atom is 0.232 e. The van der Waals surface area contributed by atoms with Crippen LogP contribution in [-0.2, 0) is 15.4 Å². The van der Waals surface area contributed by atoms with Crippen LogP contribution in [-0.4, -0.2) is 57.5 Å². The number of β-amino-alcohol motifs (C(OH)–C–C–N with tert-alkyl or cyclic N) is 1. The summed E-state index contributed by atoms with van der Waals surface area (Å²) in [7, 11) is -3.24. The molecule has 0 bridgehead atoms. The molecule has 2 heterocycles. The van der Waals surface area contributed by atoms with Gasteiger partial charge in [-0.1, -0.05) is 18.2 Å². The number of aliphatic hydroxyl groups is 1. The quantitative estimate of drug-likeness (QED) is 0.897. The maximum absolute atomic E-state index is 12.1. The lowest BCUT2D eigenvalue weighted by atomic mass is 9.74. The van der Waals surface area contributed by atoms with E-state index in [1.807, 2.05) is 18.2 Å². The number of likely N-dealkylation sites (tertiary alicyclic amines) is 1. The third-order valence-electron chi connectivity index (χ3n) is 4.82. The highest BCUT2D eigenvalue weighted by atomic mass is 32.2. The van der Waals surface area contributed by atoms with E-state index in [2.05, 4.69) is 11.0 Å². The molecule has 21 heavy (non-hydrogen) atoms. The smallest absolute Gasteiger partial charge is 0.232 e. The van der Waals surface area contributed by atoms with Gasteiger partial charge in [0, 0.05) is 18.5 Å². The molecule has 0 unspecified atom stereocenters. The SMILES string of the molecule is CS(=O)(=O)N1CC2(CCN(CCO)CC2)c2ccccc21. The van der Waals surface area contributed by atoms with Crippen LogP contribution >= 0.6 is 0 Å². The van der Waals surface area contributed by atoms with E-state index in [-0.39, 0.29) is 12.0 Å². The average Bonchev–Trinajstić information content (AvgIpc) is 2.77. The number of piperidine rings is 1. The van der Waals surface area contributed by atoms with Crippen LogP contribution in [0, 0.1) is 0 Å². The Morgan fingerprint density at radius 2 is 1.90 bits per heavy atom. The highest BCUT2D eigenvalue weighted by Gasteiger charge is 2.46. The molecule has 1 N–H and O–H groups in total. The van der Waals surface area contributed by atoms with Crippen molar-refractivity contribution in [1.29, 1.82) is 0 Å². The van der Waals surface area contributed by atoms with Gasteiger partial charge in [0.25, 0.3) is 0 Å². The Morgan fingerprint density at radius 1 is 1.24 bits per heavy atom. The Hall–Kier alpha value is -1.11. The summed E-state index contributed by atoms with van der Waals surface area (Å²) in [6.07, 6.45) is 3.16. The molecule has 5 nitrogen and oxygen atoms in total. The topological polar surface area (TPSA) is 60.9 Å². The Morgan fingerprint density at radius 3 is 2.52 bits per heavy atom. The number of hydrogen-bond acceptors (Lipinski definition) is 4. The van der Waals surface area contributed by atoms with Gasteiger partial charge in [-0.15, -0.1) is 0 Å². The molecule has 0 atom stereocenters. The summed E-state index contributed by atoms with van der Waals surface area (Å²) in [5.41, 5.74) is 1.95. The first kappa shape index (κ1) is 14.8. The zero-order valence-corrected chi connectivity index (χ0v) is 13.1. The maximum atomic E-state index is 12.1. The van der Waals surface area contributed by atoms with Crippen LogP contribution in [0.4, 0.5) is 5.69 Å². The standard InChI is InChI=1S/C15H22N2O3S/c1-21(19,20)17-12-15(13-4-2-3-5-14(13)17)6-8-16(9-7-15)10-11-18/h2-5,18H,6-12H2,1H3. The molecule has 1 saturated heterocycles. The molecule has 0 radical (unpaired) electrons. The van der Waals surface area contributed by atoms with E-state index in [4.69, 9.17) is 5.11 Å². The van der Waals surface area contributed by atoms with Gasteiger partial charge in [0.05, 0.1) is 18.6 Å². The summed E-state index contributed by atoms with van der Waals surface area (Å²) in [6, 6.07) is 7.87. The lowest BCUT2D eigenvalue weighted by Gasteiger charge is -2.39. The summed E-state index contributed by atoms with van der Waals surface area (Å²) in [4.78, 5) is 2.25. The number of benzene rings is 1. The molecule has 1 aromatic rings. The number of fused-ring (bicyclic) bond motifs is 2. The van der Waals surface area contributed by atoms with Crippen LogP contribution in [0.5, 0.6) is 0 Å². The molecular formula is C15H22N2O3S. The van der Waals surface area contributed by atoms with Crippen molar-refractivity contribution in [2.24, 2.45) is 0 Å². The van der Waals surface area contributed by atoms with Crippen LogP contribution in [0.3, 0.4) is 0 Å². The fraction of sp³-hybridized carbons (Fsp3) is 0.600. The first-order chi connectivity index (χ1) is 9.96. The predicted molar refractivity (Wildman–Crippen MR) is 83.1 cm³/mol. The van der Waals surface area contributed by atoms with E-state index in [0.29, 0.717) is 13.1 Å². The van der Waals surface area contributed by atoms with Crippen LogP contribution < -0.4 is 4.31 Å². The van der Waals surface area contributed by atoms with Crippen LogP contribution in [0.15, 0.2) is 24.3 Å². The van der Waals surface area contributed by atoms with Gasteiger partial charge >= 0.3 is 0 Å². The lowest BCUT2D eigenvalue weighted by Crippen LogP contribution is -2.46. The van der Waals surface area contributed by atoms with Crippen molar-refractivity contribution in [2.75, 3.05) is 43.3 Å². The number of para-hydroxylation sites is 1. The van der Waals surface area contributed by atoms with Crippen molar-refractivity contribution in [3.05, 3.63) is 29.8 Å². The van der Waals surface area contributed by atoms with Crippen molar-refractivity contribution < 1.29 is 13.5 Å². The molecule has 0 saturated carbocycles. The van der Waals surface area contributed by atoms with Gasteiger partial charge in [-0.3, -0.25) is 4.31 Å². The minimum Gasteiger partial charge on any atom is -0.395 e. The van der Waals surface area contributed by atoms with E-state index in [0.717, 1.165) is 31.6 Å². The molecule has 1 aromatic carbocycles. The van der Waals surface area contributed by atoms with Gasteiger partial charge in [-0.25, -0.2) is 8.42 Å². The minimum absolute atomic E-state index is 0.0639. The Balaban J connectivity index is 1.92. The molecule has 0 aliphatic carbocycles. The fourth-order valence-electron chi connectivity index (χ4n) is 3.65. The lowest BCUT2D eigenvalue weighted by molar-refractivity contribution is 0.137. The molecule has 0 aromatic heterocycles. The molecule has 1 spiro atoms. The highest BCUT2D eigenvalue weighted by Crippen LogP contribution is 2.47. The van der Waals surface area contributed by atoms with Crippen molar-refractivity contribution in [3.63, 3.8) is 0 Å². The molecule has 6 heteroatoms. The second kappa shape index (κ2) is 5.26. The van der Waals surface area contributed by atoms with Gasteiger partial charge in [0.15, 0.2) is 0 Å². The molecular weight excluding hydrogens is 288 g/mol. The minimum atomic E-state index is -3.24. The second-order valence-electron chi connectivity index (χ2n) is 6.13. The number of anilines is 1. The van der Waals surface area contributed by atoms with Crippen molar-refractivity contribution in [3.8, 4) is 0 Å². The molecule has 0 amide bonds. The van der Waals surface area contributed by atoms with E-state index in [9.17, 15) is 8.42 Å². The molecule has 2 aliphatic heterocycles. The monoisotopic (exact) mass is 310 g/mol. The summed E-state index contributed by atoms with van der Waals surface area (Å²) in [5, 5.41) is 9.05. The zero-order valence-electron chi connectivity index (χ0n) is 12.3. The number of aliphatic hydroxyl groups excluding tert-OH is 1. The van der Waals surface area contributed by atoms with Gasteiger partial charge in [0.1, 0.15) is 0 Å². The Kier molecular flexibility index (Phi) is 3.71. The largest absolute Gasteiger partial charge is 0.395 e. The molecule has 116 valence electrons. The number of sulfonamides is 1. The number of nitrogens with zero attached hydrogens (tertiary/aromatic N) is 2. The van der Waals surface area contributed by atoms with Gasteiger partial charge in [0.2, 0.25) is 10.0 Å². The van der Waals surface area contributed by atoms with Crippen LogP contribution in [0.2, 0.25) is 0 Å². The third kappa shape index (κ3) is 2.56. The van der Waals surface area contributed by atoms with E-state index >= 15 is 0 Å². The first-order valence-corrected chi connectivity index (χ1v) is 9.22. The number of hydrogen-bond donors (Lipinski definition) is 1. The highest BCUT2D eigenvalue weighted by molar-refractivity contribution is 7.92. The van der Waals surface area contributed by atoms with Crippen molar-refractivity contribution in [2.45, 2.75) is 18.3 Å². The summed E-state index contributed by atoms with van der Waals surface area (Å²) >= 11 is 0. The van der Waals surface area contributed by atoms with Crippen LogP contribution in [0.25, 0.3) is 0 Å². The first-order valence-electron chi connectivity index (χ1n) is 7.37. The van der Waals surface area contributed by atoms with Crippen molar-refractivity contribution in [1.82, 2.24) is 4.90 Å². The van der Waals surface area contributed by atoms with Crippen LogP contribution in [0.1, 0.15) is 18.4 Å². The molecule has 2 aliphatic rings. The number of rotatable bonds is 3. The van der Waals surface area contributed by atoms with Gasteiger partial charge < -0.3 is 10.0 Å². The summed E-state index contributed by atoms with van der Waals surface area (Å²) in [6.45, 7) is 3.25. The molecule has 1 fully saturated rings. The Labute approximate surface area is 126 Å². The fourth-order valence-corrected chi connectivity index (χ4v) is 4.65. The normalized spacial score (nSPS) is 21.7. The van der Waals surface area contributed by atoms with Gasteiger partial charge in [-0.2, -0.15) is 0 Å². The van der Waals surface area contributed by atoms with E-state index < -0.39 is 10.0 Å². The van der Waals surface area contributed by atoms with E-state index in [1.54, 1.807) is 4.31 Å². The molecule has 3 rings (SSSR count).